The Bertz CT molecular complexity index is 415. The van der Waals surface area contributed by atoms with Crippen LogP contribution >= 0.6 is 27.5 Å². The van der Waals surface area contributed by atoms with E-state index in [4.69, 9.17) is 22.1 Å². The van der Waals surface area contributed by atoms with Crippen LogP contribution in [-0.2, 0) is 4.74 Å². The molecule has 1 aromatic rings. The van der Waals surface area contributed by atoms with Crippen molar-refractivity contribution in [3.8, 4) is 0 Å². The molecule has 1 amide bonds. The number of hydrogen-bond donors (Lipinski definition) is 2. The lowest BCUT2D eigenvalue weighted by atomic mass is 10.2. The van der Waals surface area contributed by atoms with E-state index in [2.05, 4.69) is 26.2 Å². The summed E-state index contributed by atoms with van der Waals surface area (Å²) in [5.74, 6) is -0.195. The van der Waals surface area contributed by atoms with Crippen molar-refractivity contribution < 1.29 is 9.53 Å². The van der Waals surface area contributed by atoms with Crippen LogP contribution in [0.4, 0.5) is 5.82 Å². The molecule has 1 rings (SSSR count). The molecule has 1 aromatic heterocycles. The van der Waals surface area contributed by atoms with E-state index in [0.717, 1.165) is 0 Å². The van der Waals surface area contributed by atoms with Crippen molar-refractivity contribution in [3.05, 3.63) is 21.3 Å². The van der Waals surface area contributed by atoms with E-state index in [0.29, 0.717) is 24.2 Å². The summed E-state index contributed by atoms with van der Waals surface area (Å²) in [4.78, 5) is 15.6. The Morgan fingerprint density at radius 1 is 1.71 bits per heavy atom. The summed E-state index contributed by atoms with van der Waals surface area (Å²) < 4.78 is 5.63. The zero-order valence-electron chi connectivity index (χ0n) is 9.30. The van der Waals surface area contributed by atoms with Crippen LogP contribution in [0, 0.1) is 0 Å². The molecule has 0 aliphatic rings. The van der Waals surface area contributed by atoms with Gasteiger partial charge in [0.25, 0.3) is 5.91 Å². The van der Waals surface area contributed by atoms with Gasteiger partial charge in [-0.2, -0.15) is 0 Å². The molecule has 3 N–H and O–H groups in total. The molecule has 0 radical (unpaired) electrons. The van der Waals surface area contributed by atoms with Crippen LogP contribution in [0.25, 0.3) is 0 Å². The number of amides is 1. The van der Waals surface area contributed by atoms with Crippen molar-refractivity contribution in [2.24, 2.45) is 0 Å². The normalized spacial score (nSPS) is 10.3. The van der Waals surface area contributed by atoms with E-state index in [1.54, 1.807) is 6.07 Å². The van der Waals surface area contributed by atoms with E-state index in [1.165, 1.54) is 0 Å². The molecule has 7 heteroatoms. The van der Waals surface area contributed by atoms with Gasteiger partial charge < -0.3 is 15.8 Å². The Hall–Kier alpha value is -0.850. The Kier molecular flexibility index (Phi) is 5.67. The van der Waals surface area contributed by atoms with Crippen LogP contribution in [0.15, 0.2) is 10.5 Å². The monoisotopic (exact) mass is 321 g/mol. The number of nitrogens with one attached hydrogen (secondary N) is 1. The molecule has 0 aliphatic heterocycles. The van der Waals surface area contributed by atoms with E-state index in [1.807, 2.05) is 6.92 Å². The average molecular weight is 323 g/mol. The number of halogens is 2. The van der Waals surface area contributed by atoms with E-state index in [9.17, 15) is 4.79 Å². The molecule has 0 atom stereocenters. The minimum absolute atomic E-state index is 0.104. The number of nitrogens with two attached hydrogens (primary N) is 1. The Labute approximate surface area is 113 Å². The Balaban J connectivity index is 2.66. The van der Waals surface area contributed by atoms with Gasteiger partial charge in [-0.25, -0.2) is 4.98 Å². The van der Waals surface area contributed by atoms with Gasteiger partial charge in [-0.1, -0.05) is 11.6 Å². The largest absolute Gasteiger partial charge is 0.383 e. The van der Waals surface area contributed by atoms with E-state index >= 15 is 0 Å². The molecule has 1 heterocycles. The van der Waals surface area contributed by atoms with Crippen molar-refractivity contribution in [2.75, 3.05) is 25.5 Å². The smallest absolute Gasteiger partial charge is 0.255 e. The van der Waals surface area contributed by atoms with Crippen molar-refractivity contribution >= 4 is 39.3 Å². The maximum absolute atomic E-state index is 11.7. The number of carbonyl (C=O) groups is 1. The predicted octanol–water partition coefficient (Wildman–Crippen LogP) is 1.85. The summed E-state index contributed by atoms with van der Waals surface area (Å²) in [7, 11) is 0. The second-order valence-electron chi connectivity index (χ2n) is 3.15. The molecule has 0 fully saturated rings. The van der Waals surface area contributed by atoms with Gasteiger partial charge in [0.15, 0.2) is 0 Å². The summed E-state index contributed by atoms with van der Waals surface area (Å²) in [6.45, 7) is 3.39. The molecular weight excluding hydrogens is 309 g/mol. The Morgan fingerprint density at radius 2 is 2.41 bits per heavy atom. The van der Waals surface area contributed by atoms with Gasteiger partial charge in [-0.05, 0) is 28.9 Å². The summed E-state index contributed by atoms with van der Waals surface area (Å²) in [6, 6.07) is 1.54. The number of aromatic nitrogens is 1. The molecule has 94 valence electrons. The van der Waals surface area contributed by atoms with E-state index in [-0.39, 0.29) is 22.4 Å². The van der Waals surface area contributed by atoms with Crippen LogP contribution < -0.4 is 11.1 Å². The van der Waals surface area contributed by atoms with Crippen LogP contribution in [0.1, 0.15) is 17.3 Å². The number of ether oxygens (including phenoxy) is 1. The Morgan fingerprint density at radius 3 is 3.06 bits per heavy atom. The molecule has 0 unspecified atom stereocenters. The molecule has 0 aliphatic carbocycles. The highest BCUT2D eigenvalue weighted by atomic mass is 79.9. The fourth-order valence-corrected chi connectivity index (χ4v) is 1.60. The standard InChI is InChI=1S/C10H13BrClN3O2/c1-2-17-4-3-14-10(16)6-5-7(11)8(12)15-9(6)13/h5H,2-4H2,1H3,(H2,13,15)(H,14,16). The average Bonchev–Trinajstić information content (AvgIpc) is 2.29. The van der Waals surface area contributed by atoms with Crippen molar-refractivity contribution in [2.45, 2.75) is 6.92 Å². The number of anilines is 1. The first kappa shape index (κ1) is 14.2. The third-order valence-electron chi connectivity index (χ3n) is 1.94. The van der Waals surface area contributed by atoms with Crippen LogP contribution in [-0.4, -0.2) is 30.6 Å². The minimum atomic E-state index is -0.299. The lowest BCUT2D eigenvalue weighted by Crippen LogP contribution is -2.28. The molecule has 0 saturated heterocycles. The lowest BCUT2D eigenvalue weighted by molar-refractivity contribution is 0.0923. The first-order chi connectivity index (χ1) is 8.06. The molecular formula is C10H13BrClN3O2. The first-order valence-corrected chi connectivity index (χ1v) is 6.20. The number of nitrogen functional groups attached to an aromatic ring is 1. The fraction of sp³-hybridized carbons (Fsp3) is 0.400. The highest BCUT2D eigenvalue weighted by Gasteiger charge is 2.13. The summed E-state index contributed by atoms with van der Waals surface area (Å²) >= 11 is 8.93. The van der Waals surface area contributed by atoms with Gasteiger partial charge in [-0.15, -0.1) is 0 Å². The number of carbonyl (C=O) groups excluding carboxylic acids is 1. The van der Waals surface area contributed by atoms with Crippen molar-refractivity contribution in [3.63, 3.8) is 0 Å². The molecule has 0 spiro atoms. The summed E-state index contributed by atoms with van der Waals surface area (Å²) in [5.41, 5.74) is 5.90. The minimum Gasteiger partial charge on any atom is -0.383 e. The molecule has 0 saturated carbocycles. The van der Waals surface area contributed by atoms with Crippen LogP contribution in [0.5, 0.6) is 0 Å². The highest BCUT2D eigenvalue weighted by Crippen LogP contribution is 2.24. The molecule has 0 aromatic carbocycles. The zero-order valence-corrected chi connectivity index (χ0v) is 11.6. The van der Waals surface area contributed by atoms with E-state index < -0.39 is 0 Å². The zero-order chi connectivity index (χ0) is 12.8. The van der Waals surface area contributed by atoms with Gasteiger partial charge in [0.05, 0.1) is 16.6 Å². The molecule has 5 nitrogen and oxygen atoms in total. The fourth-order valence-electron chi connectivity index (χ4n) is 1.14. The van der Waals surface area contributed by atoms with Gasteiger partial charge in [-0.3, -0.25) is 4.79 Å². The number of pyridine rings is 1. The van der Waals surface area contributed by atoms with Crippen molar-refractivity contribution in [1.82, 2.24) is 10.3 Å². The van der Waals surface area contributed by atoms with Crippen LogP contribution in [0.2, 0.25) is 5.15 Å². The SMILES string of the molecule is CCOCCNC(=O)c1cc(Br)c(Cl)nc1N. The van der Waals surface area contributed by atoms with Gasteiger partial charge in [0.2, 0.25) is 0 Å². The lowest BCUT2D eigenvalue weighted by Gasteiger charge is -2.08. The van der Waals surface area contributed by atoms with Crippen molar-refractivity contribution in [1.29, 1.82) is 0 Å². The molecule has 17 heavy (non-hydrogen) atoms. The quantitative estimate of drug-likeness (QED) is 0.640. The first-order valence-electron chi connectivity index (χ1n) is 5.03. The third kappa shape index (κ3) is 4.14. The maximum Gasteiger partial charge on any atom is 0.255 e. The topological polar surface area (TPSA) is 77.2 Å². The maximum atomic E-state index is 11.7. The number of nitrogens with zero attached hydrogens (tertiary/aromatic N) is 1. The second-order valence-corrected chi connectivity index (χ2v) is 4.36. The predicted molar refractivity (Wildman–Crippen MR) is 70.2 cm³/mol. The summed E-state index contributed by atoms with van der Waals surface area (Å²) in [6.07, 6.45) is 0. The highest BCUT2D eigenvalue weighted by molar-refractivity contribution is 9.10. The van der Waals surface area contributed by atoms with Gasteiger partial charge in [0.1, 0.15) is 11.0 Å². The number of rotatable bonds is 5. The van der Waals surface area contributed by atoms with Gasteiger partial charge >= 0.3 is 0 Å². The molecule has 0 bridgehead atoms. The second kappa shape index (κ2) is 6.78. The third-order valence-corrected chi connectivity index (χ3v) is 3.06. The van der Waals surface area contributed by atoms with Gasteiger partial charge in [0, 0.05) is 13.2 Å². The van der Waals surface area contributed by atoms with Crippen LogP contribution in [0.3, 0.4) is 0 Å². The summed E-state index contributed by atoms with van der Waals surface area (Å²) in [5, 5.41) is 2.90. The number of hydrogen-bond acceptors (Lipinski definition) is 4.